The molecule has 2 atom stereocenters. The number of carbonyl (C=O) groups is 2. The van der Waals surface area contributed by atoms with Gasteiger partial charge in [0.05, 0.1) is 17.5 Å². The Morgan fingerprint density at radius 1 is 1.00 bits per heavy atom. The molecule has 0 aromatic heterocycles. The van der Waals surface area contributed by atoms with Crippen LogP contribution < -0.4 is 10.2 Å². The quantitative estimate of drug-likeness (QED) is 0.847. The zero-order chi connectivity index (χ0) is 20.4. The lowest BCUT2D eigenvalue weighted by atomic mass is 10.1. The third-order valence-corrected chi connectivity index (χ3v) is 5.82. The van der Waals surface area contributed by atoms with Crippen molar-refractivity contribution < 1.29 is 14.0 Å². The van der Waals surface area contributed by atoms with E-state index in [1.54, 1.807) is 12.1 Å². The number of para-hydroxylation sites is 1. The molecular weight excluding hydrogens is 369 g/mol. The van der Waals surface area contributed by atoms with Gasteiger partial charge < -0.3 is 15.1 Å². The van der Waals surface area contributed by atoms with E-state index < -0.39 is 0 Å². The first-order valence-electron chi connectivity index (χ1n) is 10.1. The van der Waals surface area contributed by atoms with Gasteiger partial charge in [0.15, 0.2) is 0 Å². The molecule has 2 aromatic carbocycles. The maximum Gasteiger partial charge on any atom is 0.226 e. The van der Waals surface area contributed by atoms with Gasteiger partial charge in [0.1, 0.15) is 5.82 Å². The van der Waals surface area contributed by atoms with E-state index >= 15 is 0 Å². The number of benzene rings is 2. The van der Waals surface area contributed by atoms with Gasteiger partial charge >= 0.3 is 0 Å². The van der Waals surface area contributed by atoms with Gasteiger partial charge in [0.25, 0.3) is 0 Å². The molecule has 1 saturated carbocycles. The van der Waals surface area contributed by atoms with E-state index in [-0.39, 0.29) is 29.5 Å². The van der Waals surface area contributed by atoms with E-state index in [2.05, 4.69) is 5.32 Å². The molecule has 5 nitrogen and oxygen atoms in total. The lowest BCUT2D eigenvalue weighted by Crippen LogP contribution is -2.49. The number of hydrogen-bond donors (Lipinski definition) is 1. The van der Waals surface area contributed by atoms with E-state index in [0.717, 1.165) is 5.56 Å². The van der Waals surface area contributed by atoms with Crippen molar-refractivity contribution in [3.8, 4) is 0 Å². The van der Waals surface area contributed by atoms with Crippen LogP contribution in [0.3, 0.4) is 0 Å². The van der Waals surface area contributed by atoms with Crippen molar-refractivity contribution in [3.05, 3.63) is 65.5 Å². The van der Waals surface area contributed by atoms with Crippen molar-refractivity contribution in [2.24, 2.45) is 11.8 Å². The normalized spacial score (nSPS) is 21.0. The summed E-state index contributed by atoms with van der Waals surface area (Å²) < 4.78 is 14.0. The number of anilines is 1. The molecule has 2 amide bonds. The highest BCUT2D eigenvalue weighted by molar-refractivity contribution is 5.92. The molecule has 4 rings (SSSR count). The molecule has 1 saturated heterocycles. The molecule has 0 radical (unpaired) electrons. The van der Waals surface area contributed by atoms with E-state index in [1.165, 1.54) is 11.6 Å². The molecule has 2 aliphatic rings. The summed E-state index contributed by atoms with van der Waals surface area (Å²) in [5, 5.41) is 2.94. The Labute approximate surface area is 170 Å². The van der Waals surface area contributed by atoms with Crippen molar-refractivity contribution in [2.75, 3.05) is 31.1 Å². The monoisotopic (exact) mass is 395 g/mol. The highest BCUT2D eigenvalue weighted by atomic mass is 19.1. The predicted molar refractivity (Wildman–Crippen MR) is 110 cm³/mol. The summed E-state index contributed by atoms with van der Waals surface area (Å²) in [5.74, 6) is -0.673. The van der Waals surface area contributed by atoms with E-state index in [0.29, 0.717) is 44.8 Å². The minimum Gasteiger partial charge on any atom is -0.366 e. The summed E-state index contributed by atoms with van der Waals surface area (Å²) >= 11 is 0. The van der Waals surface area contributed by atoms with Gasteiger partial charge in [0.2, 0.25) is 11.8 Å². The molecule has 0 spiro atoms. The highest BCUT2D eigenvalue weighted by Crippen LogP contribution is 2.40. The first-order valence-corrected chi connectivity index (χ1v) is 10.1. The number of hydrogen-bond acceptors (Lipinski definition) is 3. The molecular formula is C23H26FN3O2. The Morgan fingerprint density at radius 2 is 1.69 bits per heavy atom. The molecule has 1 heterocycles. The van der Waals surface area contributed by atoms with Crippen LogP contribution in [0.5, 0.6) is 0 Å². The van der Waals surface area contributed by atoms with Crippen LogP contribution in [0.25, 0.3) is 0 Å². The Morgan fingerprint density at radius 3 is 2.38 bits per heavy atom. The van der Waals surface area contributed by atoms with Crippen LogP contribution in [0.2, 0.25) is 0 Å². The minimum atomic E-state index is -0.236. The highest BCUT2D eigenvalue weighted by Gasteiger charge is 2.49. The standard InChI is InChI=1S/C23H26FN3O2/c1-16-6-8-17(9-7-16)15-25-22(28)18-14-19(18)23(29)27-12-10-26(11-13-27)21-5-3-2-4-20(21)24/h2-9,18-19H,10-15H2,1H3,(H,25,28). The molecule has 29 heavy (non-hydrogen) atoms. The summed E-state index contributed by atoms with van der Waals surface area (Å²) in [5.41, 5.74) is 2.82. The SMILES string of the molecule is Cc1ccc(CNC(=O)C2CC2C(=O)N2CCN(c3ccccc3F)CC2)cc1. The zero-order valence-electron chi connectivity index (χ0n) is 16.6. The molecule has 152 valence electrons. The van der Waals surface area contributed by atoms with Gasteiger partial charge in [-0.1, -0.05) is 42.0 Å². The Bertz CT molecular complexity index is 891. The summed E-state index contributed by atoms with van der Waals surface area (Å²) in [6.45, 7) is 4.83. The first-order chi connectivity index (χ1) is 14.0. The second kappa shape index (κ2) is 8.23. The van der Waals surface area contributed by atoms with Gasteiger partial charge in [-0.25, -0.2) is 4.39 Å². The number of nitrogens with zero attached hydrogens (tertiary/aromatic N) is 2. The van der Waals surface area contributed by atoms with Gasteiger partial charge in [-0.2, -0.15) is 0 Å². The predicted octanol–water partition coefficient (Wildman–Crippen LogP) is 2.74. The van der Waals surface area contributed by atoms with E-state index in [4.69, 9.17) is 0 Å². The van der Waals surface area contributed by atoms with Crippen molar-refractivity contribution in [3.63, 3.8) is 0 Å². The number of halogens is 1. The lowest BCUT2D eigenvalue weighted by Gasteiger charge is -2.36. The topological polar surface area (TPSA) is 52.7 Å². The number of amides is 2. The molecule has 0 bridgehead atoms. The van der Waals surface area contributed by atoms with Crippen LogP contribution in [-0.2, 0) is 16.1 Å². The summed E-state index contributed by atoms with van der Waals surface area (Å²) in [6, 6.07) is 14.8. The number of piperazine rings is 1. The van der Waals surface area contributed by atoms with Crippen molar-refractivity contribution in [1.29, 1.82) is 0 Å². The van der Waals surface area contributed by atoms with Crippen LogP contribution >= 0.6 is 0 Å². The average Bonchev–Trinajstić information content (AvgIpc) is 3.54. The van der Waals surface area contributed by atoms with E-state index in [1.807, 2.05) is 47.1 Å². The van der Waals surface area contributed by atoms with Gasteiger partial charge in [-0.15, -0.1) is 0 Å². The Hall–Kier alpha value is -2.89. The lowest BCUT2D eigenvalue weighted by molar-refractivity contribution is -0.135. The molecule has 1 N–H and O–H groups in total. The third-order valence-electron chi connectivity index (χ3n) is 5.82. The first kappa shape index (κ1) is 19.4. The van der Waals surface area contributed by atoms with Crippen LogP contribution in [0.1, 0.15) is 17.5 Å². The van der Waals surface area contributed by atoms with Crippen molar-refractivity contribution >= 4 is 17.5 Å². The van der Waals surface area contributed by atoms with Gasteiger partial charge in [0, 0.05) is 32.7 Å². The second-order valence-electron chi connectivity index (χ2n) is 7.92. The number of aryl methyl sites for hydroxylation is 1. The van der Waals surface area contributed by atoms with Crippen LogP contribution in [0.4, 0.5) is 10.1 Å². The van der Waals surface area contributed by atoms with Crippen molar-refractivity contribution in [2.45, 2.75) is 19.9 Å². The fourth-order valence-corrected chi connectivity index (χ4v) is 3.89. The second-order valence-corrected chi connectivity index (χ2v) is 7.92. The number of carbonyl (C=O) groups excluding carboxylic acids is 2. The smallest absolute Gasteiger partial charge is 0.226 e. The Balaban J connectivity index is 1.24. The molecule has 1 aliphatic heterocycles. The van der Waals surface area contributed by atoms with E-state index in [9.17, 15) is 14.0 Å². The van der Waals surface area contributed by atoms with Crippen LogP contribution in [0, 0.1) is 24.6 Å². The molecule has 1 aliphatic carbocycles. The molecule has 2 unspecified atom stereocenters. The fraction of sp³-hybridized carbons (Fsp3) is 0.391. The third kappa shape index (κ3) is 4.42. The summed E-state index contributed by atoms with van der Waals surface area (Å²) in [7, 11) is 0. The summed E-state index contributed by atoms with van der Waals surface area (Å²) in [4.78, 5) is 28.9. The number of rotatable bonds is 5. The molecule has 2 fully saturated rings. The van der Waals surface area contributed by atoms with Crippen molar-refractivity contribution in [1.82, 2.24) is 10.2 Å². The Kier molecular flexibility index (Phi) is 5.51. The maximum absolute atomic E-state index is 14.0. The largest absolute Gasteiger partial charge is 0.366 e. The number of nitrogens with one attached hydrogen (secondary N) is 1. The zero-order valence-corrected chi connectivity index (χ0v) is 16.6. The fourth-order valence-electron chi connectivity index (χ4n) is 3.89. The van der Waals surface area contributed by atoms with Crippen LogP contribution in [0.15, 0.2) is 48.5 Å². The maximum atomic E-state index is 14.0. The van der Waals surface area contributed by atoms with Gasteiger partial charge in [-0.3, -0.25) is 9.59 Å². The molecule has 6 heteroatoms. The van der Waals surface area contributed by atoms with Gasteiger partial charge in [-0.05, 0) is 31.0 Å². The minimum absolute atomic E-state index is 0.0473. The van der Waals surface area contributed by atoms with Crippen LogP contribution in [-0.4, -0.2) is 42.9 Å². The summed E-state index contributed by atoms with van der Waals surface area (Å²) in [6.07, 6.45) is 0.617. The average molecular weight is 395 g/mol. The molecule has 2 aromatic rings.